The third-order valence-corrected chi connectivity index (χ3v) is 15.3. The molecule has 2 atom stereocenters. The fourth-order valence-corrected chi connectivity index (χ4v) is 10.4. The maximum absolute atomic E-state index is 13.1. The van der Waals surface area contributed by atoms with E-state index >= 15 is 0 Å². The van der Waals surface area contributed by atoms with Crippen molar-refractivity contribution < 1.29 is 13.5 Å². The predicted octanol–water partition coefficient (Wildman–Crippen LogP) is 19.0. The second kappa shape index (κ2) is 40.2. The molecule has 2 aromatic rings. The predicted molar refractivity (Wildman–Crippen MR) is 280 cm³/mol. The van der Waals surface area contributed by atoms with E-state index in [1.165, 1.54) is 230 Å². The van der Waals surface area contributed by atoms with Crippen LogP contribution in [-0.2, 0) is 9.84 Å². The van der Waals surface area contributed by atoms with Gasteiger partial charge >= 0.3 is 0 Å². The number of nitrogens with one attached hydrogen (secondary N) is 1. The number of hydrogen-bond acceptors (Lipinski definition) is 4. The highest BCUT2D eigenvalue weighted by atomic mass is 32.2. The van der Waals surface area contributed by atoms with E-state index in [4.69, 9.17) is 0 Å². The van der Waals surface area contributed by atoms with E-state index in [-0.39, 0.29) is 4.90 Å². The zero-order chi connectivity index (χ0) is 45.3. The summed E-state index contributed by atoms with van der Waals surface area (Å²) in [6.45, 7) is 6.83. The first-order valence-electron chi connectivity index (χ1n) is 27.5. The Morgan fingerprint density at radius 3 is 0.984 bits per heavy atom. The number of hydrogen-bond donors (Lipinski definition) is 2. The summed E-state index contributed by atoms with van der Waals surface area (Å²) in [6.07, 6.45) is 55.2. The van der Waals surface area contributed by atoms with Crippen molar-refractivity contribution >= 4 is 27.7 Å². The molecule has 0 fully saturated rings. The number of benzene rings is 2. The van der Waals surface area contributed by atoms with Gasteiger partial charge in [-0.05, 0) is 61.1 Å². The van der Waals surface area contributed by atoms with Gasteiger partial charge in [0.2, 0.25) is 9.84 Å². The van der Waals surface area contributed by atoms with Crippen LogP contribution in [-0.4, -0.2) is 25.0 Å². The average molecular weight is 893 g/mol. The molecule has 0 aliphatic carbocycles. The monoisotopic (exact) mass is 892 g/mol. The first-order chi connectivity index (χ1) is 30.9. The molecule has 2 unspecified atom stereocenters. The Bertz CT molecular complexity index is 1420. The Hall–Kier alpha value is -2.11. The maximum Gasteiger partial charge on any atom is 0.204 e. The quantitative estimate of drug-likeness (QED) is 0.0513. The van der Waals surface area contributed by atoms with E-state index in [9.17, 15) is 13.5 Å². The van der Waals surface area contributed by atoms with Gasteiger partial charge in [-0.2, -0.15) is 0 Å². The molecule has 4 nitrogen and oxygen atoms in total. The molecule has 0 saturated carbocycles. The van der Waals surface area contributed by atoms with Gasteiger partial charge in [0, 0.05) is 11.7 Å². The summed E-state index contributed by atoms with van der Waals surface area (Å²) >= 11 is 0. The van der Waals surface area contributed by atoms with Crippen LogP contribution < -0.4 is 5.32 Å². The van der Waals surface area contributed by atoms with Crippen molar-refractivity contribution in [1.82, 2.24) is 0 Å². The Morgan fingerprint density at radius 2 is 0.667 bits per heavy atom. The molecule has 63 heavy (non-hydrogen) atoms. The van der Waals surface area contributed by atoms with Gasteiger partial charge in [0.15, 0.2) is 5.44 Å². The van der Waals surface area contributed by atoms with Gasteiger partial charge in [-0.1, -0.05) is 282 Å². The standard InChI is InChI=1S/C58H101NO3S/c1-4-7-10-13-16-19-21-23-25-27-30-32-35-38-41-55(40-37-34-31-29-26-24-22-20-17-14-11-8-5-2)59-56-49-45-53(46-50-56)43-44-54-47-51-57(52-48-54)63(61,62)58(60)42-39-36-33-28-18-15-12-9-6-3/h43-52,55,58-60H,4-42H2,1-3H3. The number of aliphatic hydroxyl groups excluding tert-OH is 1. The maximum atomic E-state index is 13.1. The van der Waals surface area contributed by atoms with Crippen molar-refractivity contribution in [1.29, 1.82) is 0 Å². The van der Waals surface area contributed by atoms with Crippen LogP contribution in [0, 0.1) is 0 Å². The molecule has 0 heterocycles. The van der Waals surface area contributed by atoms with Gasteiger partial charge in [-0.25, -0.2) is 8.42 Å². The molecule has 0 radical (unpaired) electrons. The number of aliphatic hydroxyl groups is 1. The van der Waals surface area contributed by atoms with Crippen molar-refractivity contribution in [2.45, 2.75) is 288 Å². The lowest BCUT2D eigenvalue weighted by Crippen LogP contribution is -2.20. The molecular formula is C58H101NO3S. The molecule has 2 N–H and O–H groups in total. The van der Waals surface area contributed by atoms with Crippen molar-refractivity contribution in [2.24, 2.45) is 0 Å². The minimum Gasteiger partial charge on any atom is -0.382 e. The van der Waals surface area contributed by atoms with Crippen LogP contribution in [0.2, 0.25) is 0 Å². The number of sulfone groups is 1. The van der Waals surface area contributed by atoms with Crippen molar-refractivity contribution in [2.75, 3.05) is 5.32 Å². The molecule has 0 saturated heterocycles. The molecule has 0 amide bonds. The van der Waals surface area contributed by atoms with E-state index < -0.39 is 15.3 Å². The molecular weight excluding hydrogens is 791 g/mol. The highest BCUT2D eigenvalue weighted by molar-refractivity contribution is 7.91. The first-order valence-corrected chi connectivity index (χ1v) is 29.0. The Kier molecular flexibility index (Phi) is 36.4. The van der Waals surface area contributed by atoms with E-state index in [0.29, 0.717) is 12.5 Å². The summed E-state index contributed by atoms with van der Waals surface area (Å²) in [5, 5.41) is 14.5. The molecule has 2 rings (SSSR count). The second-order valence-corrected chi connectivity index (χ2v) is 21.5. The van der Waals surface area contributed by atoms with E-state index in [2.05, 4.69) is 56.4 Å². The third-order valence-electron chi connectivity index (χ3n) is 13.4. The lowest BCUT2D eigenvalue weighted by molar-refractivity contribution is 0.233. The van der Waals surface area contributed by atoms with E-state index in [0.717, 1.165) is 30.4 Å². The molecule has 0 bridgehead atoms. The highest BCUT2D eigenvalue weighted by Gasteiger charge is 2.24. The zero-order valence-corrected chi connectivity index (χ0v) is 42.5. The number of rotatable bonds is 45. The third kappa shape index (κ3) is 30.7. The summed E-state index contributed by atoms with van der Waals surface area (Å²) in [5.41, 5.74) is 1.92. The SMILES string of the molecule is CCCCCCCCCCCCCCCCC(CCCCCCCCCCCCCCC)Nc1ccc(C=Cc2ccc(S(=O)(=O)C(O)CCCCCCCCCCC)cc2)cc1. The van der Waals surface area contributed by atoms with Crippen LogP contribution >= 0.6 is 0 Å². The Balaban J connectivity index is 1.78. The number of anilines is 1. The van der Waals surface area contributed by atoms with Crippen molar-refractivity contribution in [3.05, 3.63) is 59.7 Å². The molecule has 0 aliphatic rings. The summed E-state index contributed by atoms with van der Waals surface area (Å²) in [4.78, 5) is 0.195. The van der Waals surface area contributed by atoms with Crippen LogP contribution in [0.25, 0.3) is 12.2 Å². The topological polar surface area (TPSA) is 66.4 Å². The molecule has 2 aromatic carbocycles. The van der Waals surface area contributed by atoms with Crippen LogP contribution in [0.1, 0.15) is 282 Å². The summed E-state index contributed by atoms with van der Waals surface area (Å²) < 4.78 is 26.1. The molecule has 5 heteroatoms. The molecule has 0 aliphatic heterocycles. The lowest BCUT2D eigenvalue weighted by atomic mass is 9.99. The first kappa shape index (κ1) is 57.0. The lowest BCUT2D eigenvalue weighted by Gasteiger charge is -2.20. The second-order valence-electron chi connectivity index (χ2n) is 19.4. The van der Waals surface area contributed by atoms with Crippen LogP contribution in [0.5, 0.6) is 0 Å². The summed E-state index contributed by atoms with van der Waals surface area (Å²) in [7, 11) is -3.76. The molecule has 0 aromatic heterocycles. The minimum absolute atomic E-state index is 0.195. The Labute approximate surface area is 392 Å². The van der Waals surface area contributed by atoms with Gasteiger partial charge in [-0.15, -0.1) is 0 Å². The van der Waals surface area contributed by atoms with Crippen LogP contribution in [0.15, 0.2) is 53.4 Å². The van der Waals surface area contributed by atoms with Gasteiger partial charge < -0.3 is 10.4 Å². The zero-order valence-electron chi connectivity index (χ0n) is 41.7. The molecule has 0 spiro atoms. The van der Waals surface area contributed by atoms with Gasteiger partial charge in [-0.3, -0.25) is 0 Å². The fraction of sp³-hybridized carbons (Fsp3) is 0.759. The fourth-order valence-electron chi connectivity index (χ4n) is 9.11. The smallest absolute Gasteiger partial charge is 0.204 e. The van der Waals surface area contributed by atoms with E-state index in [1.54, 1.807) is 12.1 Å². The van der Waals surface area contributed by atoms with Gasteiger partial charge in [0.25, 0.3) is 0 Å². The van der Waals surface area contributed by atoms with Crippen LogP contribution in [0.4, 0.5) is 5.69 Å². The normalized spacial score (nSPS) is 13.0. The summed E-state index contributed by atoms with van der Waals surface area (Å²) in [6, 6.07) is 16.2. The summed E-state index contributed by atoms with van der Waals surface area (Å²) in [5.74, 6) is 0. The Morgan fingerprint density at radius 1 is 0.397 bits per heavy atom. The van der Waals surface area contributed by atoms with Crippen molar-refractivity contribution in [3.63, 3.8) is 0 Å². The molecule has 362 valence electrons. The number of unbranched alkanes of at least 4 members (excludes halogenated alkanes) is 33. The van der Waals surface area contributed by atoms with Crippen molar-refractivity contribution in [3.8, 4) is 0 Å². The average Bonchev–Trinajstić information content (AvgIpc) is 3.29. The largest absolute Gasteiger partial charge is 0.382 e. The van der Waals surface area contributed by atoms with Gasteiger partial charge in [0.1, 0.15) is 0 Å². The minimum atomic E-state index is -3.76. The van der Waals surface area contributed by atoms with Crippen LogP contribution in [0.3, 0.4) is 0 Å². The highest BCUT2D eigenvalue weighted by Crippen LogP contribution is 2.23. The van der Waals surface area contributed by atoms with Gasteiger partial charge in [0.05, 0.1) is 4.90 Å². The van der Waals surface area contributed by atoms with E-state index in [1.807, 2.05) is 18.2 Å².